The molecule has 0 N–H and O–H groups in total. The maximum absolute atomic E-state index is 11.0. The Morgan fingerprint density at radius 1 is 1.11 bits per heavy atom. The van der Waals surface area contributed by atoms with Crippen molar-refractivity contribution in [2.24, 2.45) is 0 Å². The van der Waals surface area contributed by atoms with E-state index in [1.54, 1.807) is 6.92 Å². The van der Waals surface area contributed by atoms with Gasteiger partial charge in [0.25, 0.3) is 0 Å². The van der Waals surface area contributed by atoms with Gasteiger partial charge in [-0.1, -0.05) is 6.58 Å². The van der Waals surface area contributed by atoms with E-state index in [1.165, 1.54) is 0 Å². The Bertz CT molecular complexity index is 296. The van der Waals surface area contributed by atoms with Crippen molar-refractivity contribution in [2.75, 3.05) is 13.6 Å². The molecule has 0 saturated heterocycles. The molecule has 0 heterocycles. The Kier molecular flexibility index (Phi) is 7.01. The van der Waals surface area contributed by atoms with E-state index in [-0.39, 0.29) is 13.6 Å². The van der Waals surface area contributed by atoms with Crippen molar-refractivity contribution in [3.8, 4) is 0 Å². The van der Waals surface area contributed by atoms with E-state index in [2.05, 4.69) is 26.2 Å². The van der Waals surface area contributed by atoms with Crippen molar-refractivity contribution in [2.45, 2.75) is 39.7 Å². The van der Waals surface area contributed by atoms with E-state index in [9.17, 15) is 4.79 Å². The molecule has 0 aromatic heterocycles. The quantitative estimate of drug-likeness (QED) is 0.226. The summed E-state index contributed by atoms with van der Waals surface area (Å²) in [5, 5.41) is 0. The molecule has 0 radical (unpaired) electrons. The number of ether oxygens (including phenoxy) is 2. The van der Waals surface area contributed by atoms with E-state index in [4.69, 9.17) is 18.0 Å². The lowest BCUT2D eigenvalue weighted by atomic mass is 10.4. The minimum Gasteiger partial charge on any atom is -0.436 e. The van der Waals surface area contributed by atoms with Crippen molar-refractivity contribution in [3.05, 3.63) is 12.2 Å². The van der Waals surface area contributed by atoms with Gasteiger partial charge in [0.05, 0.1) is 0 Å². The van der Waals surface area contributed by atoms with Gasteiger partial charge in [-0.3, -0.25) is 0 Å². The summed E-state index contributed by atoms with van der Waals surface area (Å²) >= 11 is 0. The fraction of sp³-hybridized carbons (Fsp3) is 0.727. The maximum atomic E-state index is 11.0. The molecule has 0 aliphatic carbocycles. The van der Waals surface area contributed by atoms with E-state index < -0.39 is 22.8 Å². The molecule has 0 fully saturated rings. The summed E-state index contributed by atoms with van der Waals surface area (Å²) < 4.78 is 21.3. The second-order valence-electron chi connectivity index (χ2n) is 5.41. The normalized spacial score (nSPS) is 12.3. The van der Waals surface area contributed by atoms with Crippen molar-refractivity contribution in [1.29, 1.82) is 0 Å². The van der Waals surface area contributed by atoms with E-state index in [0.717, 1.165) is 0 Å². The minimum absolute atomic E-state index is 0.0627. The number of hydrogen-bond acceptors (Lipinski definition) is 5. The van der Waals surface area contributed by atoms with Crippen LogP contribution in [-0.4, -0.2) is 36.4 Å². The third kappa shape index (κ3) is 9.54. The van der Waals surface area contributed by atoms with Crippen LogP contribution in [-0.2, 0) is 22.8 Å². The Morgan fingerprint density at radius 3 is 2.11 bits per heavy atom. The molecule has 106 valence electrons. The van der Waals surface area contributed by atoms with Gasteiger partial charge in [0.2, 0.25) is 0 Å². The number of carbonyl (C=O) groups is 1. The first-order chi connectivity index (χ1) is 8.03. The van der Waals surface area contributed by atoms with Gasteiger partial charge in [0.1, 0.15) is 6.79 Å². The first-order valence-electron chi connectivity index (χ1n) is 5.78. The van der Waals surface area contributed by atoms with Crippen LogP contribution in [0.1, 0.15) is 6.92 Å². The number of carbonyl (C=O) groups excluding carboxylic acids is 1. The molecule has 0 unspecified atom stereocenters. The molecule has 0 rings (SSSR count). The zero-order chi connectivity index (χ0) is 14.4. The summed E-state index contributed by atoms with van der Waals surface area (Å²) in [4.78, 5) is 11.0. The third-order valence-electron chi connectivity index (χ3n) is 1.66. The highest BCUT2D eigenvalue weighted by molar-refractivity contribution is 6.81. The van der Waals surface area contributed by atoms with E-state index >= 15 is 0 Å². The highest BCUT2D eigenvalue weighted by Crippen LogP contribution is 2.14. The van der Waals surface area contributed by atoms with Gasteiger partial charge in [-0.25, -0.2) is 4.79 Å². The standard InChI is InChI=1S/C11H24O5Si2/c1-10(2)11(12)14-8-13-9-15-18(6,7)16-17(3,4)5/h1,8-9H2,2-7H3. The second kappa shape index (κ2) is 7.20. The molecule has 0 saturated carbocycles. The van der Waals surface area contributed by atoms with Crippen LogP contribution in [0.4, 0.5) is 0 Å². The van der Waals surface area contributed by atoms with Gasteiger partial charge in [0, 0.05) is 5.57 Å². The molecular weight excluding hydrogens is 268 g/mol. The fourth-order valence-corrected chi connectivity index (χ4v) is 7.70. The topological polar surface area (TPSA) is 54.0 Å². The lowest BCUT2D eigenvalue weighted by Gasteiger charge is -2.30. The summed E-state index contributed by atoms with van der Waals surface area (Å²) in [5.41, 5.74) is 0.344. The molecule has 5 nitrogen and oxygen atoms in total. The Labute approximate surface area is 111 Å². The number of esters is 1. The fourth-order valence-electron chi connectivity index (χ4n) is 1.20. The van der Waals surface area contributed by atoms with Gasteiger partial charge in [-0.15, -0.1) is 0 Å². The van der Waals surface area contributed by atoms with Crippen molar-refractivity contribution >= 4 is 22.8 Å². The molecule has 7 heteroatoms. The average molecular weight is 292 g/mol. The lowest BCUT2D eigenvalue weighted by molar-refractivity contribution is -0.158. The van der Waals surface area contributed by atoms with E-state index in [1.807, 2.05) is 13.1 Å². The molecule has 0 aliphatic rings. The maximum Gasteiger partial charge on any atom is 0.335 e. The Morgan fingerprint density at radius 2 is 1.67 bits per heavy atom. The summed E-state index contributed by atoms with van der Waals surface area (Å²) in [6.45, 7) is 15.2. The van der Waals surface area contributed by atoms with Crippen LogP contribution in [0.25, 0.3) is 0 Å². The van der Waals surface area contributed by atoms with Gasteiger partial charge >= 0.3 is 14.5 Å². The molecule has 0 bridgehead atoms. The summed E-state index contributed by atoms with van der Waals surface area (Å²) in [5.74, 6) is -0.468. The Balaban J connectivity index is 3.78. The largest absolute Gasteiger partial charge is 0.436 e. The van der Waals surface area contributed by atoms with Crippen molar-refractivity contribution in [3.63, 3.8) is 0 Å². The van der Waals surface area contributed by atoms with Crippen LogP contribution in [0, 0.1) is 0 Å². The molecule has 0 amide bonds. The first-order valence-corrected chi connectivity index (χ1v) is 12.0. The first kappa shape index (κ1) is 17.5. The molecule has 0 aromatic carbocycles. The minimum atomic E-state index is -2.16. The third-order valence-corrected chi connectivity index (χ3v) is 6.89. The van der Waals surface area contributed by atoms with Crippen LogP contribution in [0.5, 0.6) is 0 Å². The van der Waals surface area contributed by atoms with Crippen molar-refractivity contribution < 1.29 is 22.8 Å². The molecule has 0 aliphatic heterocycles. The van der Waals surface area contributed by atoms with Gasteiger partial charge < -0.3 is 18.0 Å². The van der Waals surface area contributed by atoms with Crippen molar-refractivity contribution in [1.82, 2.24) is 0 Å². The average Bonchev–Trinajstić information content (AvgIpc) is 2.12. The van der Waals surface area contributed by atoms with Gasteiger partial charge in [-0.2, -0.15) is 0 Å². The van der Waals surface area contributed by atoms with Crippen LogP contribution in [0.3, 0.4) is 0 Å². The number of hydrogen-bond donors (Lipinski definition) is 0. The van der Waals surface area contributed by atoms with Gasteiger partial charge in [-0.05, 0) is 39.7 Å². The smallest absolute Gasteiger partial charge is 0.335 e. The molecule has 0 atom stereocenters. The molecular formula is C11H24O5Si2. The molecule has 18 heavy (non-hydrogen) atoms. The highest BCUT2D eigenvalue weighted by atomic mass is 28.4. The SMILES string of the molecule is C=C(C)C(=O)OCOCO[Si](C)(C)O[Si](C)(C)C. The highest BCUT2D eigenvalue weighted by Gasteiger charge is 2.31. The molecule has 0 aromatic rings. The van der Waals surface area contributed by atoms with Crippen LogP contribution >= 0.6 is 0 Å². The van der Waals surface area contributed by atoms with Crippen LogP contribution in [0.2, 0.25) is 32.7 Å². The number of rotatable bonds is 8. The zero-order valence-electron chi connectivity index (χ0n) is 12.2. The summed E-state index contributed by atoms with van der Waals surface area (Å²) in [6.07, 6.45) is 0. The summed E-state index contributed by atoms with van der Waals surface area (Å²) in [7, 11) is -3.77. The Hall–Kier alpha value is -0.476. The second-order valence-corrected chi connectivity index (χ2v) is 13.5. The van der Waals surface area contributed by atoms with Gasteiger partial charge in [0.15, 0.2) is 15.1 Å². The predicted octanol–water partition coefficient (Wildman–Crippen LogP) is 2.61. The van der Waals surface area contributed by atoms with E-state index in [0.29, 0.717) is 5.57 Å². The lowest BCUT2D eigenvalue weighted by Crippen LogP contribution is -2.45. The zero-order valence-corrected chi connectivity index (χ0v) is 14.2. The van der Waals surface area contributed by atoms with Crippen LogP contribution in [0.15, 0.2) is 12.2 Å². The van der Waals surface area contributed by atoms with Crippen LogP contribution < -0.4 is 0 Å². The predicted molar refractivity (Wildman–Crippen MR) is 74.7 cm³/mol. The monoisotopic (exact) mass is 292 g/mol. The molecule has 0 spiro atoms. The summed E-state index contributed by atoms with van der Waals surface area (Å²) in [6, 6.07) is 0.